The molecule has 1 aliphatic carbocycles. The van der Waals surface area contributed by atoms with E-state index in [2.05, 4.69) is 10.3 Å². The van der Waals surface area contributed by atoms with E-state index in [4.69, 9.17) is 4.42 Å². The fourth-order valence-electron chi connectivity index (χ4n) is 4.41. The van der Waals surface area contributed by atoms with E-state index < -0.39 is 17.8 Å². The standard InChI is InChI=1S/C26H22N2O4/c29-24(20-4-3-5-21(20)25(30)31)18-10-8-16(9-11-18)17-12-14-19(15-13-17)27-26-28-22-6-1-2-7-23(22)32-26/h1-2,6-15,20-21H,3-5H2,(H,27,28)(H,30,31)/t20-,21-/m0/s1. The van der Waals surface area contributed by atoms with Crippen LogP contribution in [0.1, 0.15) is 29.6 Å². The van der Waals surface area contributed by atoms with Crippen LogP contribution in [0, 0.1) is 11.8 Å². The van der Waals surface area contributed by atoms with Gasteiger partial charge in [0.05, 0.1) is 5.92 Å². The van der Waals surface area contributed by atoms with Crippen molar-refractivity contribution in [1.29, 1.82) is 0 Å². The van der Waals surface area contributed by atoms with Gasteiger partial charge in [0.25, 0.3) is 6.01 Å². The Morgan fingerprint density at radius 1 is 0.875 bits per heavy atom. The van der Waals surface area contributed by atoms with Gasteiger partial charge in [0.1, 0.15) is 5.52 Å². The molecule has 0 amide bonds. The third-order valence-electron chi connectivity index (χ3n) is 6.10. The minimum absolute atomic E-state index is 0.0701. The molecule has 0 saturated heterocycles. The summed E-state index contributed by atoms with van der Waals surface area (Å²) in [6.45, 7) is 0. The van der Waals surface area contributed by atoms with Gasteiger partial charge >= 0.3 is 5.97 Å². The Hall–Kier alpha value is -3.93. The van der Waals surface area contributed by atoms with E-state index in [-0.39, 0.29) is 5.78 Å². The van der Waals surface area contributed by atoms with Crippen molar-refractivity contribution < 1.29 is 19.1 Å². The van der Waals surface area contributed by atoms with Gasteiger partial charge in [0, 0.05) is 17.2 Å². The number of aliphatic carboxylic acids is 1. The van der Waals surface area contributed by atoms with Crippen molar-refractivity contribution in [2.45, 2.75) is 19.3 Å². The number of hydrogen-bond acceptors (Lipinski definition) is 5. The lowest BCUT2D eigenvalue weighted by Gasteiger charge is -2.14. The molecule has 0 bridgehead atoms. The summed E-state index contributed by atoms with van der Waals surface area (Å²) in [5, 5.41) is 12.5. The molecule has 1 saturated carbocycles. The highest BCUT2D eigenvalue weighted by Crippen LogP contribution is 2.35. The van der Waals surface area contributed by atoms with Crippen molar-refractivity contribution in [3.05, 3.63) is 78.4 Å². The molecule has 160 valence electrons. The maximum Gasteiger partial charge on any atom is 0.307 e. The quantitative estimate of drug-likeness (QED) is 0.372. The van der Waals surface area contributed by atoms with E-state index in [1.165, 1.54) is 0 Å². The van der Waals surface area contributed by atoms with E-state index in [1.54, 1.807) is 12.1 Å². The average molecular weight is 426 g/mol. The molecule has 1 aromatic heterocycles. The summed E-state index contributed by atoms with van der Waals surface area (Å²) in [6.07, 6.45) is 2.01. The number of aromatic nitrogens is 1. The number of carboxylic acid groups (broad SMARTS) is 1. The number of oxazole rings is 1. The smallest absolute Gasteiger partial charge is 0.307 e. The first-order chi connectivity index (χ1) is 15.6. The zero-order valence-corrected chi connectivity index (χ0v) is 17.3. The fourth-order valence-corrected chi connectivity index (χ4v) is 4.41. The van der Waals surface area contributed by atoms with Gasteiger partial charge in [0.15, 0.2) is 11.4 Å². The molecule has 3 aromatic carbocycles. The normalized spacial score (nSPS) is 18.0. The molecule has 2 atom stereocenters. The van der Waals surface area contributed by atoms with Gasteiger partial charge in [-0.1, -0.05) is 55.0 Å². The van der Waals surface area contributed by atoms with Crippen LogP contribution in [0.15, 0.2) is 77.2 Å². The molecule has 32 heavy (non-hydrogen) atoms. The van der Waals surface area contributed by atoms with Crippen LogP contribution in [0.3, 0.4) is 0 Å². The molecular weight excluding hydrogens is 404 g/mol. The van der Waals surface area contributed by atoms with Crippen LogP contribution in [-0.4, -0.2) is 21.8 Å². The summed E-state index contributed by atoms with van der Waals surface area (Å²) >= 11 is 0. The lowest BCUT2D eigenvalue weighted by Crippen LogP contribution is -2.25. The third kappa shape index (κ3) is 3.87. The van der Waals surface area contributed by atoms with Gasteiger partial charge < -0.3 is 14.8 Å². The molecule has 4 aromatic rings. The van der Waals surface area contributed by atoms with Gasteiger partial charge in [-0.05, 0) is 48.2 Å². The van der Waals surface area contributed by atoms with Crippen LogP contribution in [0.5, 0.6) is 0 Å². The Morgan fingerprint density at radius 3 is 2.22 bits per heavy atom. The van der Waals surface area contributed by atoms with Crippen LogP contribution in [0.25, 0.3) is 22.2 Å². The molecule has 0 unspecified atom stereocenters. The number of rotatable bonds is 6. The number of anilines is 2. The lowest BCUT2D eigenvalue weighted by molar-refractivity contribution is -0.142. The Labute approximate surface area is 184 Å². The number of carboxylic acids is 1. The number of para-hydroxylation sites is 2. The molecular formula is C26H22N2O4. The molecule has 6 heteroatoms. The lowest BCUT2D eigenvalue weighted by atomic mass is 9.88. The summed E-state index contributed by atoms with van der Waals surface area (Å²) in [6, 6.07) is 23.3. The maximum absolute atomic E-state index is 12.8. The van der Waals surface area contributed by atoms with Gasteiger partial charge in [0.2, 0.25) is 0 Å². The Balaban J connectivity index is 1.29. The predicted molar refractivity (Wildman–Crippen MR) is 122 cm³/mol. The number of hydrogen-bond donors (Lipinski definition) is 2. The first-order valence-electron chi connectivity index (χ1n) is 10.7. The van der Waals surface area contributed by atoms with Gasteiger partial charge in [-0.25, -0.2) is 0 Å². The minimum Gasteiger partial charge on any atom is -0.481 e. The van der Waals surface area contributed by atoms with Crippen LogP contribution in [0.2, 0.25) is 0 Å². The number of nitrogens with zero attached hydrogens (tertiary/aromatic N) is 1. The monoisotopic (exact) mass is 426 g/mol. The number of carbonyl (C=O) groups excluding carboxylic acids is 1. The molecule has 2 N–H and O–H groups in total. The molecule has 5 rings (SSSR count). The Kier molecular flexibility index (Phi) is 5.19. The second-order valence-corrected chi connectivity index (χ2v) is 8.11. The van der Waals surface area contributed by atoms with Crippen LogP contribution in [-0.2, 0) is 4.79 Å². The predicted octanol–water partition coefficient (Wildman–Crippen LogP) is 5.92. The van der Waals surface area contributed by atoms with Crippen molar-refractivity contribution in [2.75, 3.05) is 5.32 Å². The third-order valence-corrected chi connectivity index (χ3v) is 6.10. The van der Waals surface area contributed by atoms with Crippen LogP contribution >= 0.6 is 0 Å². The van der Waals surface area contributed by atoms with E-state index in [0.717, 1.165) is 34.3 Å². The van der Waals surface area contributed by atoms with E-state index in [0.29, 0.717) is 24.4 Å². The summed E-state index contributed by atoms with van der Waals surface area (Å²) in [5.74, 6) is -1.93. The van der Waals surface area contributed by atoms with E-state index in [1.807, 2.05) is 60.7 Å². The molecule has 6 nitrogen and oxygen atoms in total. The van der Waals surface area contributed by atoms with Crippen LogP contribution < -0.4 is 5.32 Å². The largest absolute Gasteiger partial charge is 0.481 e. The van der Waals surface area contributed by atoms with E-state index >= 15 is 0 Å². The summed E-state index contributed by atoms with van der Waals surface area (Å²) < 4.78 is 5.70. The van der Waals surface area contributed by atoms with E-state index in [9.17, 15) is 14.7 Å². The minimum atomic E-state index is -0.871. The van der Waals surface area contributed by atoms with Gasteiger partial charge in [-0.2, -0.15) is 4.98 Å². The van der Waals surface area contributed by atoms with Gasteiger partial charge in [-0.3, -0.25) is 9.59 Å². The van der Waals surface area contributed by atoms with Crippen molar-refractivity contribution in [2.24, 2.45) is 11.8 Å². The highest BCUT2D eigenvalue weighted by Gasteiger charge is 2.37. The van der Waals surface area contributed by atoms with Crippen molar-refractivity contribution >= 4 is 34.6 Å². The molecule has 1 aliphatic rings. The number of benzene rings is 3. The van der Waals surface area contributed by atoms with Crippen molar-refractivity contribution in [1.82, 2.24) is 4.98 Å². The molecule has 1 heterocycles. The molecule has 0 aliphatic heterocycles. The number of ketones is 1. The first-order valence-corrected chi connectivity index (χ1v) is 10.7. The summed E-state index contributed by atoms with van der Waals surface area (Å²) in [4.78, 5) is 28.6. The zero-order valence-electron chi connectivity index (χ0n) is 17.3. The number of Topliss-reactive ketones (excluding diaryl/α,β-unsaturated/α-hetero) is 1. The van der Waals surface area contributed by atoms with Crippen LogP contribution in [0.4, 0.5) is 11.7 Å². The highest BCUT2D eigenvalue weighted by atomic mass is 16.4. The maximum atomic E-state index is 12.8. The SMILES string of the molecule is O=C(O)[C@H]1CCC[C@@H]1C(=O)c1ccc(-c2ccc(Nc3nc4ccccc4o3)cc2)cc1. The Bertz CT molecular complexity index is 1240. The fraction of sp³-hybridized carbons (Fsp3) is 0.192. The number of fused-ring (bicyclic) bond motifs is 1. The van der Waals surface area contributed by atoms with Crippen molar-refractivity contribution in [3.63, 3.8) is 0 Å². The van der Waals surface area contributed by atoms with Crippen molar-refractivity contribution in [3.8, 4) is 11.1 Å². The average Bonchev–Trinajstić information content (AvgIpc) is 3.46. The molecule has 0 spiro atoms. The first kappa shape index (κ1) is 20.0. The van der Waals surface area contributed by atoms with Gasteiger partial charge in [-0.15, -0.1) is 0 Å². The number of carbonyl (C=O) groups is 2. The molecule has 0 radical (unpaired) electrons. The zero-order chi connectivity index (χ0) is 22.1. The summed E-state index contributed by atoms with van der Waals surface area (Å²) in [5.41, 5.74) is 4.95. The Morgan fingerprint density at radius 2 is 1.53 bits per heavy atom. The number of nitrogens with one attached hydrogen (secondary N) is 1. The topological polar surface area (TPSA) is 92.4 Å². The second-order valence-electron chi connectivity index (χ2n) is 8.11. The second kappa shape index (κ2) is 8.30. The summed E-state index contributed by atoms with van der Waals surface area (Å²) in [7, 11) is 0. The highest BCUT2D eigenvalue weighted by molar-refractivity contribution is 6.00. The molecule has 1 fully saturated rings.